The second kappa shape index (κ2) is 6.70. The third kappa shape index (κ3) is 3.41. The van der Waals surface area contributed by atoms with Crippen molar-refractivity contribution in [2.45, 2.75) is 27.2 Å². The predicted molar refractivity (Wildman–Crippen MR) is 86.1 cm³/mol. The van der Waals surface area contributed by atoms with E-state index in [4.69, 9.17) is 4.74 Å². The first-order valence-corrected chi connectivity index (χ1v) is 7.42. The molecule has 0 aromatic heterocycles. The first-order valence-electron chi connectivity index (χ1n) is 7.42. The van der Waals surface area contributed by atoms with Crippen molar-refractivity contribution < 1.29 is 9.53 Å². The second-order valence-electron chi connectivity index (χ2n) is 5.81. The third-order valence-electron chi connectivity index (χ3n) is 4.46. The topological polar surface area (TPSA) is 38.7 Å². The Morgan fingerprint density at radius 1 is 1.33 bits per heavy atom. The number of para-hydroxylation sites is 1. The molecule has 21 heavy (non-hydrogen) atoms. The van der Waals surface area contributed by atoms with E-state index in [0.29, 0.717) is 29.0 Å². The van der Waals surface area contributed by atoms with Crippen molar-refractivity contribution in [3.63, 3.8) is 0 Å². The highest BCUT2D eigenvalue weighted by Crippen LogP contribution is 2.34. The molecule has 1 aliphatic carbocycles. The molecule has 0 radical (unpaired) electrons. The Morgan fingerprint density at radius 3 is 2.76 bits per heavy atom. The number of methoxy groups -OCH3 is 1. The molecule has 0 amide bonds. The molecule has 0 saturated carbocycles. The van der Waals surface area contributed by atoms with Crippen LogP contribution in [0.15, 0.2) is 40.9 Å². The molecule has 2 rings (SSSR count). The van der Waals surface area contributed by atoms with Crippen LogP contribution < -0.4 is 0 Å². The molecule has 3 unspecified atom stereocenters. The predicted octanol–water partition coefficient (Wildman–Crippen LogP) is 4.41. The molecule has 0 aliphatic heterocycles. The van der Waals surface area contributed by atoms with Gasteiger partial charge in [-0.2, -0.15) is 0 Å². The summed E-state index contributed by atoms with van der Waals surface area (Å²) in [5.74, 6) is 1.12. The fourth-order valence-corrected chi connectivity index (χ4v) is 2.82. The molecule has 3 nitrogen and oxygen atoms in total. The van der Waals surface area contributed by atoms with E-state index in [1.54, 1.807) is 6.07 Å². The zero-order chi connectivity index (χ0) is 15.4. The lowest BCUT2D eigenvalue weighted by molar-refractivity contribution is 0.0601. The molecule has 0 fully saturated rings. The van der Waals surface area contributed by atoms with Gasteiger partial charge in [0.25, 0.3) is 0 Å². The molecule has 1 aliphatic rings. The Labute approximate surface area is 126 Å². The van der Waals surface area contributed by atoms with Crippen LogP contribution in [0.3, 0.4) is 0 Å². The lowest BCUT2D eigenvalue weighted by atomic mass is 9.74. The van der Waals surface area contributed by atoms with Crippen molar-refractivity contribution in [3.05, 3.63) is 41.5 Å². The quantitative estimate of drug-likeness (QED) is 0.468. The van der Waals surface area contributed by atoms with Crippen LogP contribution in [-0.2, 0) is 4.74 Å². The average Bonchev–Trinajstić information content (AvgIpc) is 2.50. The van der Waals surface area contributed by atoms with Gasteiger partial charge in [-0.3, -0.25) is 4.99 Å². The molecular weight excluding hydrogens is 262 g/mol. The van der Waals surface area contributed by atoms with Crippen molar-refractivity contribution in [1.82, 2.24) is 0 Å². The van der Waals surface area contributed by atoms with Gasteiger partial charge < -0.3 is 4.74 Å². The fourth-order valence-electron chi connectivity index (χ4n) is 2.82. The minimum Gasteiger partial charge on any atom is -0.465 e. The molecule has 0 saturated heterocycles. The summed E-state index contributed by atoms with van der Waals surface area (Å²) in [7, 11) is 1.39. The number of aliphatic imine (C=N–C) groups is 1. The summed E-state index contributed by atoms with van der Waals surface area (Å²) in [6, 6.07) is 7.31. The van der Waals surface area contributed by atoms with Crippen LogP contribution in [0.4, 0.5) is 5.69 Å². The first kappa shape index (κ1) is 15.5. The van der Waals surface area contributed by atoms with E-state index in [0.717, 1.165) is 6.42 Å². The largest absolute Gasteiger partial charge is 0.465 e. The van der Waals surface area contributed by atoms with Gasteiger partial charge in [-0.05, 0) is 37.3 Å². The summed E-state index contributed by atoms with van der Waals surface area (Å²) < 4.78 is 4.81. The van der Waals surface area contributed by atoms with Crippen molar-refractivity contribution >= 4 is 17.9 Å². The standard InChI is InChI=1S/C18H23NO2/c1-12-9-10-13(2)16(14(12)3)11-19-17-8-6-5-7-15(17)18(20)21-4/h5-9,11,13-14,16H,10H2,1-4H3. The van der Waals surface area contributed by atoms with Crippen molar-refractivity contribution in [2.24, 2.45) is 22.7 Å². The Kier molecular flexibility index (Phi) is 4.94. The van der Waals surface area contributed by atoms with Gasteiger partial charge in [0.15, 0.2) is 0 Å². The summed E-state index contributed by atoms with van der Waals surface area (Å²) in [5, 5.41) is 0. The number of allylic oxidation sites excluding steroid dienone is 2. The van der Waals surface area contributed by atoms with Crippen LogP contribution >= 0.6 is 0 Å². The maximum atomic E-state index is 11.8. The van der Waals surface area contributed by atoms with E-state index in [-0.39, 0.29) is 5.97 Å². The molecule has 1 aromatic carbocycles. The van der Waals surface area contributed by atoms with E-state index in [1.165, 1.54) is 12.7 Å². The van der Waals surface area contributed by atoms with Gasteiger partial charge in [-0.1, -0.05) is 37.6 Å². The zero-order valence-corrected chi connectivity index (χ0v) is 13.2. The number of ether oxygens (including phenoxy) is 1. The Bertz CT molecular complexity index is 574. The number of hydrogen-bond donors (Lipinski definition) is 0. The highest BCUT2D eigenvalue weighted by molar-refractivity contribution is 5.95. The first-order chi connectivity index (χ1) is 10.0. The Hall–Kier alpha value is -1.90. The molecule has 0 N–H and O–H groups in total. The SMILES string of the molecule is COC(=O)c1ccccc1N=CC1C(C)CC=C(C)C1C. The number of carbonyl (C=O) groups is 1. The minimum absolute atomic E-state index is 0.344. The van der Waals surface area contributed by atoms with E-state index >= 15 is 0 Å². The average molecular weight is 285 g/mol. The maximum Gasteiger partial charge on any atom is 0.340 e. The number of esters is 1. The maximum absolute atomic E-state index is 11.8. The second-order valence-corrected chi connectivity index (χ2v) is 5.81. The van der Waals surface area contributed by atoms with Crippen molar-refractivity contribution in [1.29, 1.82) is 0 Å². The summed E-state index contributed by atoms with van der Waals surface area (Å²) in [6.07, 6.45) is 5.42. The van der Waals surface area contributed by atoms with Gasteiger partial charge in [-0.15, -0.1) is 0 Å². The highest BCUT2D eigenvalue weighted by atomic mass is 16.5. The van der Waals surface area contributed by atoms with Crippen LogP contribution in [0.25, 0.3) is 0 Å². The van der Waals surface area contributed by atoms with Crippen molar-refractivity contribution in [3.8, 4) is 0 Å². The van der Waals surface area contributed by atoms with Gasteiger partial charge >= 0.3 is 5.97 Å². The monoisotopic (exact) mass is 285 g/mol. The van der Waals surface area contributed by atoms with Gasteiger partial charge in [0.05, 0.1) is 18.4 Å². The van der Waals surface area contributed by atoms with Crippen LogP contribution in [-0.4, -0.2) is 19.3 Å². The molecule has 1 aromatic rings. The smallest absolute Gasteiger partial charge is 0.340 e. The van der Waals surface area contributed by atoms with Crippen LogP contribution in [0.2, 0.25) is 0 Å². The summed E-state index contributed by atoms with van der Waals surface area (Å²) >= 11 is 0. The Balaban J connectivity index is 2.25. The molecule has 112 valence electrons. The number of benzene rings is 1. The van der Waals surface area contributed by atoms with Gasteiger partial charge in [0, 0.05) is 12.1 Å². The van der Waals surface area contributed by atoms with Gasteiger partial charge in [0.2, 0.25) is 0 Å². The van der Waals surface area contributed by atoms with E-state index < -0.39 is 0 Å². The molecule has 0 heterocycles. The Morgan fingerprint density at radius 2 is 2.05 bits per heavy atom. The molecule has 0 bridgehead atoms. The summed E-state index contributed by atoms with van der Waals surface area (Å²) in [5.41, 5.74) is 2.61. The lowest BCUT2D eigenvalue weighted by Gasteiger charge is -2.31. The molecule has 3 atom stereocenters. The van der Waals surface area contributed by atoms with Gasteiger partial charge in [-0.25, -0.2) is 4.79 Å². The van der Waals surface area contributed by atoms with Crippen molar-refractivity contribution in [2.75, 3.05) is 7.11 Å². The molecule has 0 spiro atoms. The zero-order valence-electron chi connectivity index (χ0n) is 13.2. The van der Waals surface area contributed by atoms with E-state index in [9.17, 15) is 4.79 Å². The minimum atomic E-state index is -0.344. The highest BCUT2D eigenvalue weighted by Gasteiger charge is 2.26. The van der Waals surface area contributed by atoms with Gasteiger partial charge in [0.1, 0.15) is 0 Å². The van der Waals surface area contributed by atoms with E-state index in [2.05, 4.69) is 31.8 Å². The number of carbonyl (C=O) groups excluding carboxylic acids is 1. The fraction of sp³-hybridized carbons (Fsp3) is 0.444. The molecule has 3 heteroatoms. The lowest BCUT2D eigenvalue weighted by Crippen LogP contribution is -2.25. The molecular formula is C18H23NO2. The van der Waals surface area contributed by atoms with Crippen LogP contribution in [0.5, 0.6) is 0 Å². The normalized spacial score (nSPS) is 25.7. The third-order valence-corrected chi connectivity index (χ3v) is 4.46. The van der Waals surface area contributed by atoms with Crippen LogP contribution in [0.1, 0.15) is 37.6 Å². The number of nitrogens with zero attached hydrogens (tertiary/aromatic N) is 1. The summed E-state index contributed by atoms with van der Waals surface area (Å²) in [4.78, 5) is 16.3. The van der Waals surface area contributed by atoms with E-state index in [1.807, 2.05) is 24.4 Å². The van der Waals surface area contributed by atoms with Crippen LogP contribution in [0, 0.1) is 17.8 Å². The summed E-state index contributed by atoms with van der Waals surface area (Å²) in [6.45, 7) is 6.67. The number of rotatable bonds is 3. The number of hydrogen-bond acceptors (Lipinski definition) is 3.